The molecule has 0 radical (unpaired) electrons. The van der Waals surface area contributed by atoms with Crippen molar-refractivity contribution in [2.24, 2.45) is 0 Å². The van der Waals surface area contributed by atoms with Gasteiger partial charge in [0.25, 0.3) is 11.7 Å². The van der Waals surface area contributed by atoms with Crippen LogP contribution in [0.3, 0.4) is 0 Å². The van der Waals surface area contributed by atoms with Gasteiger partial charge in [-0.1, -0.05) is 60.7 Å². The standard InChI is InChI=1S/C28H27NO5/c1-19-17-22(34-18-20-9-5-3-6-10-20)13-14-23(19)26(30)24-25(21-11-7-4-8-12-21)29(15-16-33-2)28(32)27(24)31/h3-14,17,25,30H,15-16,18H2,1-2H3. The van der Waals surface area contributed by atoms with Crippen LogP contribution >= 0.6 is 0 Å². The van der Waals surface area contributed by atoms with Crippen LogP contribution in [0.15, 0.2) is 84.4 Å². The van der Waals surface area contributed by atoms with Crippen molar-refractivity contribution in [3.8, 4) is 5.75 Å². The third-order valence-electron chi connectivity index (χ3n) is 5.89. The summed E-state index contributed by atoms with van der Waals surface area (Å²) in [5.41, 5.74) is 3.09. The first-order valence-corrected chi connectivity index (χ1v) is 11.1. The number of Topliss-reactive ketones (excluding diaryl/α,β-unsaturated/α-hetero) is 1. The highest BCUT2D eigenvalue weighted by Gasteiger charge is 2.45. The van der Waals surface area contributed by atoms with E-state index in [0.29, 0.717) is 17.9 Å². The van der Waals surface area contributed by atoms with Gasteiger partial charge >= 0.3 is 0 Å². The highest BCUT2D eigenvalue weighted by Crippen LogP contribution is 2.40. The molecule has 3 aromatic rings. The molecule has 1 fully saturated rings. The summed E-state index contributed by atoms with van der Waals surface area (Å²) in [4.78, 5) is 27.4. The van der Waals surface area contributed by atoms with Gasteiger partial charge in [-0.25, -0.2) is 0 Å². The normalized spacial score (nSPS) is 17.2. The molecular weight excluding hydrogens is 430 g/mol. The van der Waals surface area contributed by atoms with Gasteiger partial charge in [0.05, 0.1) is 18.2 Å². The van der Waals surface area contributed by atoms with E-state index >= 15 is 0 Å². The molecule has 4 rings (SSSR count). The molecule has 1 heterocycles. The Kier molecular flexibility index (Phi) is 7.09. The molecule has 6 nitrogen and oxygen atoms in total. The van der Waals surface area contributed by atoms with Gasteiger partial charge in [0.1, 0.15) is 18.1 Å². The second-order valence-electron chi connectivity index (χ2n) is 8.15. The number of hydrogen-bond acceptors (Lipinski definition) is 5. The van der Waals surface area contributed by atoms with E-state index in [4.69, 9.17) is 9.47 Å². The fourth-order valence-electron chi connectivity index (χ4n) is 4.16. The lowest BCUT2D eigenvalue weighted by Gasteiger charge is -2.25. The van der Waals surface area contributed by atoms with Crippen LogP contribution in [0.25, 0.3) is 5.76 Å². The van der Waals surface area contributed by atoms with E-state index in [0.717, 1.165) is 16.7 Å². The summed E-state index contributed by atoms with van der Waals surface area (Å²) in [5.74, 6) is -0.892. The van der Waals surface area contributed by atoms with Gasteiger partial charge in [-0.05, 0) is 41.8 Å². The van der Waals surface area contributed by atoms with Crippen molar-refractivity contribution in [2.45, 2.75) is 19.6 Å². The van der Waals surface area contributed by atoms with Gasteiger partial charge in [-0.15, -0.1) is 0 Å². The number of likely N-dealkylation sites (tertiary alicyclic amines) is 1. The molecule has 1 aliphatic rings. The van der Waals surface area contributed by atoms with Crippen LogP contribution in [-0.4, -0.2) is 42.0 Å². The summed E-state index contributed by atoms with van der Waals surface area (Å²) in [6, 6.07) is 23.7. The molecule has 1 saturated heterocycles. The summed E-state index contributed by atoms with van der Waals surface area (Å²) in [6.07, 6.45) is 0. The van der Waals surface area contributed by atoms with Crippen LogP contribution in [0, 0.1) is 6.92 Å². The maximum Gasteiger partial charge on any atom is 0.295 e. The third kappa shape index (κ3) is 4.72. The van der Waals surface area contributed by atoms with E-state index < -0.39 is 17.7 Å². The van der Waals surface area contributed by atoms with Gasteiger partial charge in [-0.2, -0.15) is 0 Å². The first-order valence-electron chi connectivity index (χ1n) is 11.1. The fourth-order valence-corrected chi connectivity index (χ4v) is 4.16. The van der Waals surface area contributed by atoms with E-state index in [1.807, 2.05) is 73.7 Å². The van der Waals surface area contributed by atoms with Gasteiger partial charge in [0.2, 0.25) is 0 Å². The Morgan fingerprint density at radius 3 is 2.29 bits per heavy atom. The molecule has 0 saturated carbocycles. The predicted octanol–water partition coefficient (Wildman–Crippen LogP) is 4.64. The summed E-state index contributed by atoms with van der Waals surface area (Å²) < 4.78 is 11.0. The minimum atomic E-state index is -0.703. The number of carbonyl (C=O) groups is 2. The Labute approximate surface area is 199 Å². The predicted molar refractivity (Wildman–Crippen MR) is 129 cm³/mol. The molecule has 1 amide bonds. The van der Waals surface area contributed by atoms with E-state index in [1.165, 1.54) is 4.90 Å². The lowest BCUT2D eigenvalue weighted by Crippen LogP contribution is -2.32. The molecule has 0 aromatic heterocycles. The monoisotopic (exact) mass is 457 g/mol. The van der Waals surface area contributed by atoms with Crippen LogP contribution in [-0.2, 0) is 20.9 Å². The van der Waals surface area contributed by atoms with Crippen LogP contribution in [0.1, 0.15) is 28.3 Å². The molecule has 1 aliphatic heterocycles. The number of ether oxygens (including phenoxy) is 2. The average Bonchev–Trinajstić information content (AvgIpc) is 3.12. The summed E-state index contributed by atoms with van der Waals surface area (Å²) >= 11 is 0. The van der Waals surface area contributed by atoms with Crippen molar-refractivity contribution in [1.29, 1.82) is 0 Å². The Balaban J connectivity index is 1.68. The van der Waals surface area contributed by atoms with E-state index in [9.17, 15) is 14.7 Å². The number of rotatable bonds is 8. The van der Waals surface area contributed by atoms with Gasteiger partial charge in [0.15, 0.2) is 0 Å². The van der Waals surface area contributed by atoms with E-state index in [-0.39, 0.29) is 24.5 Å². The zero-order valence-electron chi connectivity index (χ0n) is 19.2. The summed E-state index contributed by atoms with van der Waals surface area (Å²) in [6.45, 7) is 2.78. The number of nitrogens with zero attached hydrogens (tertiary/aromatic N) is 1. The van der Waals surface area contributed by atoms with Crippen molar-refractivity contribution in [1.82, 2.24) is 4.90 Å². The number of hydrogen-bond donors (Lipinski definition) is 1. The van der Waals surface area contributed by atoms with Crippen LogP contribution < -0.4 is 4.74 Å². The number of ketones is 1. The van der Waals surface area contributed by atoms with E-state index in [2.05, 4.69) is 0 Å². The summed E-state index contributed by atoms with van der Waals surface area (Å²) in [7, 11) is 1.54. The molecule has 0 aliphatic carbocycles. The van der Waals surface area contributed by atoms with Crippen molar-refractivity contribution >= 4 is 17.4 Å². The molecule has 0 bridgehead atoms. The lowest BCUT2D eigenvalue weighted by molar-refractivity contribution is -0.140. The first-order chi connectivity index (χ1) is 16.5. The fraction of sp³-hybridized carbons (Fsp3) is 0.214. The quantitative estimate of drug-likeness (QED) is 0.303. The second-order valence-corrected chi connectivity index (χ2v) is 8.15. The number of benzene rings is 3. The molecule has 3 aromatic carbocycles. The zero-order valence-corrected chi connectivity index (χ0v) is 19.2. The molecule has 34 heavy (non-hydrogen) atoms. The van der Waals surface area contributed by atoms with Crippen LogP contribution in [0.5, 0.6) is 5.75 Å². The number of carbonyl (C=O) groups excluding carboxylic acids is 2. The van der Waals surface area contributed by atoms with Crippen molar-refractivity contribution in [3.05, 3.63) is 107 Å². The third-order valence-corrected chi connectivity index (χ3v) is 5.89. The molecule has 1 N–H and O–H groups in total. The molecular formula is C28H27NO5. The van der Waals surface area contributed by atoms with Crippen LogP contribution in [0.2, 0.25) is 0 Å². The maximum atomic E-state index is 13.0. The number of amides is 1. The largest absolute Gasteiger partial charge is 0.507 e. The topological polar surface area (TPSA) is 76.1 Å². The van der Waals surface area contributed by atoms with Crippen molar-refractivity contribution < 1.29 is 24.2 Å². The summed E-state index contributed by atoms with van der Waals surface area (Å²) in [5, 5.41) is 11.3. The Morgan fingerprint density at radius 2 is 1.65 bits per heavy atom. The van der Waals surface area contributed by atoms with Crippen molar-refractivity contribution in [3.63, 3.8) is 0 Å². The van der Waals surface area contributed by atoms with Gasteiger partial charge in [0, 0.05) is 19.2 Å². The number of aliphatic hydroxyl groups excluding tert-OH is 1. The number of aliphatic hydroxyl groups is 1. The number of methoxy groups -OCH3 is 1. The first kappa shape index (κ1) is 23.3. The lowest BCUT2D eigenvalue weighted by atomic mass is 9.94. The minimum absolute atomic E-state index is 0.0772. The molecule has 0 spiro atoms. The highest BCUT2D eigenvalue weighted by molar-refractivity contribution is 6.46. The number of aryl methyl sites for hydroxylation is 1. The minimum Gasteiger partial charge on any atom is -0.507 e. The van der Waals surface area contributed by atoms with Crippen molar-refractivity contribution in [2.75, 3.05) is 20.3 Å². The Morgan fingerprint density at radius 1 is 0.971 bits per heavy atom. The molecule has 1 unspecified atom stereocenters. The highest BCUT2D eigenvalue weighted by atomic mass is 16.5. The average molecular weight is 458 g/mol. The second kappa shape index (κ2) is 10.4. The Bertz CT molecular complexity index is 1200. The van der Waals surface area contributed by atoms with Gasteiger partial charge in [-0.3, -0.25) is 9.59 Å². The molecule has 174 valence electrons. The van der Waals surface area contributed by atoms with Crippen LogP contribution in [0.4, 0.5) is 0 Å². The molecule has 6 heteroatoms. The maximum absolute atomic E-state index is 13.0. The Hall–Kier alpha value is -3.90. The van der Waals surface area contributed by atoms with Gasteiger partial charge < -0.3 is 19.5 Å². The SMILES string of the molecule is COCCN1C(=O)C(=O)C(=C(O)c2ccc(OCc3ccccc3)cc2C)C1c1ccccc1. The van der Waals surface area contributed by atoms with E-state index in [1.54, 1.807) is 19.2 Å². The smallest absolute Gasteiger partial charge is 0.295 e. The zero-order chi connectivity index (χ0) is 24.1. The molecule has 1 atom stereocenters.